The van der Waals surface area contributed by atoms with Gasteiger partial charge in [-0.2, -0.15) is 4.44 Å². The summed E-state index contributed by atoms with van der Waals surface area (Å²) < 4.78 is 1.91. The fourth-order valence-corrected chi connectivity index (χ4v) is 3.17. The molecule has 1 aromatic heterocycles. The Kier molecular flexibility index (Phi) is 4.45. The molecule has 1 heterocycles. The molecule has 1 aromatic carbocycles. The van der Waals surface area contributed by atoms with Gasteiger partial charge in [-0.15, -0.1) is 0 Å². The molecule has 4 nitrogen and oxygen atoms in total. The van der Waals surface area contributed by atoms with Crippen molar-refractivity contribution in [3.8, 4) is 5.69 Å². The fourth-order valence-electron chi connectivity index (χ4n) is 2.65. The molecule has 0 saturated heterocycles. The van der Waals surface area contributed by atoms with E-state index >= 15 is 0 Å². The summed E-state index contributed by atoms with van der Waals surface area (Å²) in [6.07, 6.45) is 0. The summed E-state index contributed by atoms with van der Waals surface area (Å²) in [6.45, 7) is 20.3. The molecule has 0 saturated carbocycles. The molecule has 0 amide bonds. The van der Waals surface area contributed by atoms with Crippen molar-refractivity contribution in [2.75, 3.05) is 0 Å². The van der Waals surface area contributed by atoms with Gasteiger partial charge in [0.25, 0.3) is 0 Å². The van der Waals surface area contributed by atoms with Crippen LogP contribution in [0.5, 0.6) is 0 Å². The van der Waals surface area contributed by atoms with E-state index in [2.05, 4.69) is 89.7 Å². The van der Waals surface area contributed by atoms with Crippen LogP contribution in [0, 0.1) is 0 Å². The van der Waals surface area contributed by atoms with Gasteiger partial charge in [0.15, 0.2) is 8.51 Å². The van der Waals surface area contributed by atoms with Crippen LogP contribution >= 0.6 is 8.51 Å². The summed E-state index contributed by atoms with van der Waals surface area (Å²) in [5, 5.41) is 8.05. The third-order valence-electron chi connectivity index (χ3n) is 4.08. The van der Waals surface area contributed by atoms with Crippen LogP contribution < -0.4 is 0 Å². The number of nitrogens with zero attached hydrogens (tertiary/aromatic N) is 4. The molecule has 0 unspecified atom stereocenters. The lowest BCUT2D eigenvalue weighted by Crippen LogP contribution is -2.24. The second-order valence-corrected chi connectivity index (χ2v) is 10.1. The second kappa shape index (κ2) is 5.66. The highest BCUT2D eigenvalue weighted by Crippen LogP contribution is 2.40. The molecule has 126 valence electrons. The van der Waals surface area contributed by atoms with Crippen LogP contribution in [0.25, 0.3) is 5.69 Å². The van der Waals surface area contributed by atoms with Crippen LogP contribution in [0.2, 0.25) is 0 Å². The summed E-state index contributed by atoms with van der Waals surface area (Å²) in [6, 6.07) is 4.68. The van der Waals surface area contributed by atoms with Gasteiger partial charge in [0.05, 0.1) is 5.69 Å². The molecule has 23 heavy (non-hydrogen) atoms. The minimum atomic E-state index is 0.0181. The van der Waals surface area contributed by atoms with E-state index in [1.54, 1.807) is 0 Å². The second-order valence-electron chi connectivity index (χ2n) is 9.32. The summed E-state index contributed by atoms with van der Waals surface area (Å²) in [4.78, 5) is 4.02. The van der Waals surface area contributed by atoms with Gasteiger partial charge in [0, 0.05) is 0 Å². The van der Waals surface area contributed by atoms with Crippen molar-refractivity contribution >= 4 is 8.51 Å². The third-order valence-corrected chi connectivity index (χ3v) is 4.69. The highest BCUT2D eigenvalue weighted by Gasteiger charge is 2.30. The first kappa shape index (κ1) is 18.1. The molecule has 0 aliphatic carbocycles. The lowest BCUT2D eigenvalue weighted by atomic mass is 9.74. The normalized spacial score (nSPS) is 13.8. The standard InChI is InChI=1S/C18H29N4P/c1-16(2,3)12-10-13(17(4,5)6)15(22-20-19-21-23-22)14(11-12)18(7,8)9/h10-11H,1-9H3. The van der Waals surface area contributed by atoms with E-state index in [0.29, 0.717) is 0 Å². The lowest BCUT2D eigenvalue weighted by molar-refractivity contribution is 0.541. The van der Waals surface area contributed by atoms with Crippen LogP contribution in [0.4, 0.5) is 0 Å². The zero-order valence-corrected chi connectivity index (χ0v) is 16.8. The minimum absolute atomic E-state index is 0.0181. The van der Waals surface area contributed by atoms with E-state index in [1.165, 1.54) is 16.7 Å². The minimum Gasteiger partial charge on any atom is -0.175 e. The molecule has 2 rings (SSSR count). The Labute approximate surface area is 141 Å². The summed E-state index contributed by atoms with van der Waals surface area (Å²) in [7, 11) is 0.765. The average Bonchev–Trinajstić information content (AvgIpc) is 2.87. The topological polar surface area (TPSA) is 43.6 Å². The van der Waals surface area contributed by atoms with Crippen molar-refractivity contribution in [3.05, 3.63) is 28.8 Å². The number of hydrogen-bond acceptors (Lipinski definition) is 3. The molecule has 0 N–H and O–H groups in total. The van der Waals surface area contributed by atoms with Gasteiger partial charge in [0.1, 0.15) is 0 Å². The predicted molar refractivity (Wildman–Crippen MR) is 97.8 cm³/mol. The molecule has 0 aliphatic rings. The largest absolute Gasteiger partial charge is 0.183 e. The zero-order chi connectivity index (χ0) is 17.6. The van der Waals surface area contributed by atoms with Crippen LogP contribution in [-0.4, -0.2) is 19.7 Å². The zero-order valence-electron chi connectivity index (χ0n) is 15.9. The van der Waals surface area contributed by atoms with Crippen molar-refractivity contribution in [2.45, 2.75) is 78.6 Å². The van der Waals surface area contributed by atoms with E-state index in [-0.39, 0.29) is 16.2 Å². The average molecular weight is 332 g/mol. The quantitative estimate of drug-likeness (QED) is 0.726. The van der Waals surface area contributed by atoms with Crippen LogP contribution in [0.15, 0.2) is 12.1 Å². The molecular weight excluding hydrogens is 303 g/mol. The molecule has 2 aromatic rings. The molecular formula is C18H29N4P. The monoisotopic (exact) mass is 332 g/mol. The van der Waals surface area contributed by atoms with E-state index in [4.69, 9.17) is 0 Å². The molecule has 0 radical (unpaired) electrons. The summed E-state index contributed by atoms with van der Waals surface area (Å²) in [5.74, 6) is 0. The number of rotatable bonds is 1. The Morgan fingerprint density at radius 3 is 1.57 bits per heavy atom. The highest BCUT2D eigenvalue weighted by molar-refractivity contribution is 7.21. The van der Waals surface area contributed by atoms with Crippen LogP contribution in [-0.2, 0) is 16.2 Å². The first-order chi connectivity index (χ1) is 10.3. The van der Waals surface area contributed by atoms with Crippen LogP contribution in [0.1, 0.15) is 79.0 Å². The van der Waals surface area contributed by atoms with E-state index in [9.17, 15) is 0 Å². The fraction of sp³-hybridized carbons (Fsp3) is 0.667. The van der Waals surface area contributed by atoms with Crippen molar-refractivity contribution in [2.24, 2.45) is 0 Å². The molecule has 0 aliphatic heterocycles. The maximum Gasteiger partial charge on any atom is 0.183 e. The van der Waals surface area contributed by atoms with Gasteiger partial charge in [0.2, 0.25) is 0 Å². The van der Waals surface area contributed by atoms with Gasteiger partial charge in [-0.1, -0.05) is 79.3 Å². The molecule has 0 bridgehead atoms. The Balaban J connectivity index is 2.92. The van der Waals surface area contributed by atoms with Gasteiger partial charge in [-0.25, -0.2) is 0 Å². The Morgan fingerprint density at radius 1 is 0.783 bits per heavy atom. The summed E-state index contributed by atoms with van der Waals surface area (Å²) in [5.41, 5.74) is 5.27. The third kappa shape index (κ3) is 3.80. The van der Waals surface area contributed by atoms with E-state index in [1.807, 2.05) is 4.44 Å². The first-order valence-corrected chi connectivity index (χ1v) is 8.93. The van der Waals surface area contributed by atoms with Crippen LogP contribution in [0.3, 0.4) is 0 Å². The van der Waals surface area contributed by atoms with Gasteiger partial charge < -0.3 is 0 Å². The SMILES string of the molecule is CC(C)(C)c1cc(C(C)(C)C)c(-n2nnnp2)c(C(C)(C)C)c1. The van der Waals surface area contributed by atoms with Gasteiger partial charge >= 0.3 is 0 Å². The number of benzene rings is 1. The number of aromatic nitrogens is 4. The number of hydrogen-bond donors (Lipinski definition) is 0. The Morgan fingerprint density at radius 2 is 1.26 bits per heavy atom. The Bertz CT molecular complexity index is 648. The van der Waals surface area contributed by atoms with Crippen molar-refractivity contribution in [1.29, 1.82) is 0 Å². The van der Waals surface area contributed by atoms with Crippen molar-refractivity contribution < 1.29 is 0 Å². The van der Waals surface area contributed by atoms with Crippen molar-refractivity contribution in [3.63, 3.8) is 0 Å². The summed E-state index contributed by atoms with van der Waals surface area (Å²) >= 11 is 0. The molecule has 0 spiro atoms. The highest BCUT2D eigenvalue weighted by atomic mass is 31.1. The van der Waals surface area contributed by atoms with Crippen molar-refractivity contribution in [1.82, 2.24) is 19.7 Å². The Hall–Kier alpha value is -1.28. The maximum absolute atomic E-state index is 4.23. The van der Waals surface area contributed by atoms with Gasteiger partial charge in [-0.05, 0) is 43.4 Å². The van der Waals surface area contributed by atoms with E-state index < -0.39 is 0 Å². The smallest absolute Gasteiger partial charge is 0.175 e. The predicted octanol–water partition coefficient (Wildman–Crippen LogP) is 5.13. The maximum atomic E-state index is 4.23. The molecule has 5 heteroatoms. The first-order valence-electron chi connectivity index (χ1n) is 8.13. The van der Waals surface area contributed by atoms with E-state index in [0.717, 1.165) is 14.2 Å². The molecule has 0 atom stereocenters. The lowest BCUT2D eigenvalue weighted by Gasteiger charge is -2.32. The van der Waals surface area contributed by atoms with Gasteiger partial charge in [-0.3, -0.25) is 0 Å². The molecule has 0 fully saturated rings.